The zero-order valence-corrected chi connectivity index (χ0v) is 16.8. The maximum absolute atomic E-state index is 11.6. The monoisotopic (exact) mass is 401 g/mol. The van der Waals surface area contributed by atoms with E-state index in [2.05, 4.69) is 31.2 Å². The molecule has 0 aromatic carbocycles. The maximum Gasteiger partial charge on any atom is 0.261 e. The van der Waals surface area contributed by atoms with Crippen molar-refractivity contribution in [1.82, 2.24) is 5.48 Å². The predicted octanol–water partition coefficient (Wildman–Crippen LogP) is 3.81. The van der Waals surface area contributed by atoms with E-state index >= 15 is 0 Å². The maximum atomic E-state index is 11.6. The minimum Gasteiger partial charge on any atom is -0.289 e. The van der Waals surface area contributed by atoms with Crippen LogP contribution >= 0.6 is 22.7 Å². The molecule has 2 aromatic heterocycles. The van der Waals surface area contributed by atoms with Gasteiger partial charge in [-0.2, -0.15) is 0 Å². The normalized spacial score (nSPS) is 12.9. The summed E-state index contributed by atoms with van der Waals surface area (Å²) in [5.41, 5.74) is 1.44. The molecule has 0 aliphatic heterocycles. The van der Waals surface area contributed by atoms with Crippen LogP contribution in [-0.2, 0) is 21.1 Å². The molecule has 138 valence electrons. The van der Waals surface area contributed by atoms with Gasteiger partial charge in [-0.05, 0) is 50.5 Å². The van der Waals surface area contributed by atoms with Crippen LogP contribution in [0.25, 0.3) is 9.75 Å². The standard InChI is InChI=1S/C17H23NO4S3/c1-12-8-10-14(23-12)15-11-9-13(24-15)6-4-3-5-7-16(17(19)18-20)25(2,21)22/h8-11,16,20H,3-7H2,1-2H3,(H,18,19). The molecule has 2 rings (SSSR count). The van der Waals surface area contributed by atoms with Gasteiger partial charge >= 0.3 is 0 Å². The highest BCUT2D eigenvalue weighted by Gasteiger charge is 2.27. The third-order valence-corrected chi connectivity index (χ3v) is 7.78. The van der Waals surface area contributed by atoms with Crippen molar-refractivity contribution in [3.8, 4) is 9.75 Å². The first kappa shape index (κ1) is 20.1. The number of carbonyl (C=O) groups is 1. The van der Waals surface area contributed by atoms with Crippen LogP contribution < -0.4 is 5.48 Å². The molecule has 8 heteroatoms. The smallest absolute Gasteiger partial charge is 0.261 e. The molecule has 0 saturated heterocycles. The predicted molar refractivity (Wildman–Crippen MR) is 103 cm³/mol. The number of unbranched alkanes of at least 4 members (excludes halogenated alkanes) is 2. The van der Waals surface area contributed by atoms with Gasteiger partial charge in [-0.3, -0.25) is 10.0 Å². The van der Waals surface area contributed by atoms with E-state index in [-0.39, 0.29) is 6.42 Å². The number of amides is 1. The SMILES string of the molecule is Cc1ccc(-c2ccc(CCCCCC(C(=O)NO)S(C)(=O)=O)s2)s1. The van der Waals surface area contributed by atoms with Gasteiger partial charge in [0.25, 0.3) is 5.91 Å². The first-order chi connectivity index (χ1) is 11.8. The summed E-state index contributed by atoms with van der Waals surface area (Å²) in [6.07, 6.45) is 4.62. The molecule has 1 atom stereocenters. The number of hydroxylamine groups is 1. The third kappa shape index (κ3) is 5.91. The molecular formula is C17H23NO4S3. The summed E-state index contributed by atoms with van der Waals surface area (Å²) in [4.78, 5) is 16.6. The fraction of sp³-hybridized carbons (Fsp3) is 0.471. The van der Waals surface area contributed by atoms with Gasteiger partial charge in [0.2, 0.25) is 0 Å². The second kappa shape index (κ2) is 8.93. The molecule has 5 nitrogen and oxygen atoms in total. The molecule has 0 spiro atoms. The quantitative estimate of drug-likeness (QED) is 0.380. The number of hydrogen-bond donors (Lipinski definition) is 2. The van der Waals surface area contributed by atoms with Crippen LogP contribution in [0.2, 0.25) is 0 Å². The summed E-state index contributed by atoms with van der Waals surface area (Å²) < 4.78 is 23.2. The number of hydrogen-bond acceptors (Lipinski definition) is 6. The topological polar surface area (TPSA) is 83.5 Å². The van der Waals surface area contributed by atoms with Gasteiger partial charge in [0.05, 0.1) is 0 Å². The van der Waals surface area contributed by atoms with Crippen molar-refractivity contribution in [2.24, 2.45) is 0 Å². The van der Waals surface area contributed by atoms with E-state index in [1.54, 1.807) is 22.7 Å². The third-order valence-electron chi connectivity index (χ3n) is 3.95. The Balaban J connectivity index is 1.78. The number of carbonyl (C=O) groups excluding carboxylic acids is 1. The van der Waals surface area contributed by atoms with Gasteiger partial charge in [0, 0.05) is 25.8 Å². The Morgan fingerprint density at radius 3 is 2.40 bits per heavy atom. The molecule has 0 aliphatic rings. The molecule has 0 fully saturated rings. The zero-order chi connectivity index (χ0) is 18.4. The van der Waals surface area contributed by atoms with Crippen molar-refractivity contribution in [2.45, 2.75) is 44.3 Å². The summed E-state index contributed by atoms with van der Waals surface area (Å²) >= 11 is 3.59. The van der Waals surface area contributed by atoms with Crippen LogP contribution in [0.1, 0.15) is 35.4 Å². The molecule has 1 amide bonds. The van der Waals surface area contributed by atoms with E-state index in [1.807, 2.05) is 0 Å². The van der Waals surface area contributed by atoms with E-state index in [9.17, 15) is 13.2 Å². The fourth-order valence-electron chi connectivity index (χ4n) is 2.63. The highest BCUT2D eigenvalue weighted by molar-refractivity contribution is 7.92. The lowest BCUT2D eigenvalue weighted by Gasteiger charge is -2.12. The van der Waals surface area contributed by atoms with Gasteiger partial charge in [-0.1, -0.05) is 12.8 Å². The van der Waals surface area contributed by atoms with Crippen molar-refractivity contribution < 1.29 is 18.4 Å². The Morgan fingerprint density at radius 1 is 1.12 bits per heavy atom. The first-order valence-electron chi connectivity index (χ1n) is 8.09. The molecule has 2 aromatic rings. The molecule has 25 heavy (non-hydrogen) atoms. The van der Waals surface area contributed by atoms with Gasteiger partial charge in [-0.15, -0.1) is 22.7 Å². The minimum atomic E-state index is -3.51. The lowest BCUT2D eigenvalue weighted by Crippen LogP contribution is -2.37. The van der Waals surface area contributed by atoms with Crippen LogP contribution in [0.3, 0.4) is 0 Å². The highest BCUT2D eigenvalue weighted by Crippen LogP contribution is 2.33. The lowest BCUT2D eigenvalue weighted by molar-refractivity contribution is -0.128. The van der Waals surface area contributed by atoms with E-state index in [0.29, 0.717) is 6.42 Å². The van der Waals surface area contributed by atoms with Gasteiger partial charge in [0.1, 0.15) is 5.25 Å². The van der Waals surface area contributed by atoms with Crippen molar-refractivity contribution in [3.05, 3.63) is 34.0 Å². The van der Waals surface area contributed by atoms with Crippen molar-refractivity contribution in [2.75, 3.05) is 6.26 Å². The second-order valence-corrected chi connectivity index (χ2v) is 10.8. The van der Waals surface area contributed by atoms with Gasteiger partial charge in [-0.25, -0.2) is 13.9 Å². The molecule has 0 aliphatic carbocycles. The van der Waals surface area contributed by atoms with Crippen LogP contribution in [0.4, 0.5) is 0 Å². The Labute approximate surface area is 156 Å². The van der Waals surface area contributed by atoms with E-state index in [0.717, 1.165) is 25.5 Å². The molecule has 2 N–H and O–H groups in total. The van der Waals surface area contributed by atoms with E-state index in [1.165, 1.54) is 25.0 Å². The highest BCUT2D eigenvalue weighted by atomic mass is 32.2. The van der Waals surface area contributed by atoms with Crippen LogP contribution in [-0.4, -0.2) is 31.0 Å². The number of sulfone groups is 1. The Morgan fingerprint density at radius 2 is 1.80 bits per heavy atom. The number of thiophene rings is 2. The number of nitrogens with one attached hydrogen (secondary N) is 1. The Bertz CT molecular complexity index is 807. The minimum absolute atomic E-state index is 0.232. The zero-order valence-electron chi connectivity index (χ0n) is 14.3. The first-order valence-corrected chi connectivity index (χ1v) is 11.7. The average molecular weight is 402 g/mol. The largest absolute Gasteiger partial charge is 0.289 e. The number of rotatable bonds is 9. The summed E-state index contributed by atoms with van der Waals surface area (Å²) in [5, 5.41) is 7.48. The molecular weight excluding hydrogens is 378 g/mol. The van der Waals surface area contributed by atoms with Crippen molar-refractivity contribution in [1.29, 1.82) is 0 Å². The summed E-state index contributed by atoms with van der Waals surface area (Å²) in [5.74, 6) is -0.850. The number of aryl methyl sites for hydroxylation is 2. The van der Waals surface area contributed by atoms with Crippen LogP contribution in [0.5, 0.6) is 0 Å². The van der Waals surface area contributed by atoms with Gasteiger partial charge in [0.15, 0.2) is 9.84 Å². The molecule has 0 radical (unpaired) electrons. The lowest BCUT2D eigenvalue weighted by atomic mass is 10.1. The molecule has 2 heterocycles. The Hall–Kier alpha value is -1.22. The van der Waals surface area contributed by atoms with E-state index < -0.39 is 21.0 Å². The summed E-state index contributed by atoms with van der Waals surface area (Å²) in [6, 6.07) is 8.57. The Kier molecular flexibility index (Phi) is 7.18. The molecule has 0 bridgehead atoms. The van der Waals surface area contributed by atoms with E-state index in [4.69, 9.17) is 5.21 Å². The average Bonchev–Trinajstić information content (AvgIpc) is 3.17. The second-order valence-electron chi connectivity index (χ2n) is 6.07. The van der Waals surface area contributed by atoms with Crippen LogP contribution in [0.15, 0.2) is 24.3 Å². The van der Waals surface area contributed by atoms with Crippen LogP contribution in [0, 0.1) is 6.92 Å². The summed E-state index contributed by atoms with van der Waals surface area (Å²) in [7, 11) is -3.51. The molecule has 0 saturated carbocycles. The molecule has 1 unspecified atom stereocenters. The van der Waals surface area contributed by atoms with Crippen molar-refractivity contribution in [3.63, 3.8) is 0 Å². The van der Waals surface area contributed by atoms with Gasteiger partial charge < -0.3 is 0 Å². The summed E-state index contributed by atoms with van der Waals surface area (Å²) in [6.45, 7) is 2.10. The fourth-order valence-corrected chi connectivity index (χ4v) is 5.67. The van der Waals surface area contributed by atoms with Crippen molar-refractivity contribution >= 4 is 38.4 Å².